The number of amides is 2. The van der Waals surface area contributed by atoms with Gasteiger partial charge in [-0.15, -0.1) is 0 Å². The van der Waals surface area contributed by atoms with Crippen LogP contribution in [0.1, 0.15) is 51.4 Å². The van der Waals surface area contributed by atoms with Gasteiger partial charge in [0.2, 0.25) is 11.8 Å². The Balaban J connectivity index is 1.51. The number of hydrogen-bond acceptors (Lipinski definition) is 3. The third-order valence-corrected chi connectivity index (χ3v) is 5.38. The highest BCUT2D eigenvalue weighted by Crippen LogP contribution is 2.46. The first-order valence-electron chi connectivity index (χ1n) is 8.36. The molecule has 2 aliphatic carbocycles. The minimum absolute atomic E-state index is 0.100. The van der Waals surface area contributed by atoms with Crippen molar-refractivity contribution in [1.29, 1.82) is 0 Å². The first-order chi connectivity index (χ1) is 10.5. The van der Waals surface area contributed by atoms with Crippen LogP contribution in [-0.4, -0.2) is 46.9 Å². The van der Waals surface area contributed by atoms with Gasteiger partial charge < -0.3 is 15.3 Å². The van der Waals surface area contributed by atoms with Crippen LogP contribution in [0.3, 0.4) is 0 Å². The van der Waals surface area contributed by atoms with Gasteiger partial charge >= 0.3 is 5.97 Å². The molecule has 0 aromatic carbocycles. The van der Waals surface area contributed by atoms with Gasteiger partial charge in [0.25, 0.3) is 0 Å². The number of hydrogen-bond donors (Lipinski definition) is 2. The zero-order chi connectivity index (χ0) is 15.7. The van der Waals surface area contributed by atoms with E-state index in [2.05, 4.69) is 5.32 Å². The third kappa shape index (κ3) is 2.83. The Bertz CT molecular complexity index is 481. The summed E-state index contributed by atoms with van der Waals surface area (Å²) >= 11 is 0. The first kappa shape index (κ1) is 15.3. The molecule has 122 valence electrons. The number of carboxylic acid groups (broad SMARTS) is 1. The maximum atomic E-state index is 12.5. The quantitative estimate of drug-likeness (QED) is 0.763. The Hall–Kier alpha value is -1.59. The Morgan fingerprint density at radius 2 is 1.73 bits per heavy atom. The lowest BCUT2D eigenvalue weighted by Crippen LogP contribution is -2.45. The van der Waals surface area contributed by atoms with E-state index in [4.69, 9.17) is 5.11 Å². The minimum atomic E-state index is -1.19. The average Bonchev–Trinajstić information content (AvgIpc) is 3.22. The molecule has 3 fully saturated rings. The van der Waals surface area contributed by atoms with Gasteiger partial charge in [0, 0.05) is 25.0 Å². The van der Waals surface area contributed by atoms with Crippen molar-refractivity contribution in [3.63, 3.8) is 0 Å². The summed E-state index contributed by atoms with van der Waals surface area (Å²) in [7, 11) is 0. The molecule has 6 nitrogen and oxygen atoms in total. The summed E-state index contributed by atoms with van der Waals surface area (Å²) in [5.41, 5.74) is -1.19. The van der Waals surface area contributed by atoms with Crippen LogP contribution in [0.5, 0.6) is 0 Å². The van der Waals surface area contributed by atoms with Crippen molar-refractivity contribution in [3.8, 4) is 0 Å². The molecule has 1 heterocycles. The molecule has 1 aliphatic heterocycles. The van der Waals surface area contributed by atoms with Crippen molar-refractivity contribution in [1.82, 2.24) is 10.2 Å². The summed E-state index contributed by atoms with van der Waals surface area (Å²) in [6.45, 7) is 1.19. The highest BCUT2D eigenvalue weighted by molar-refractivity contribution is 6.05. The lowest BCUT2D eigenvalue weighted by molar-refractivity contribution is -0.149. The molecule has 2 N–H and O–H groups in total. The number of carbonyl (C=O) groups excluding carboxylic acids is 2. The summed E-state index contributed by atoms with van der Waals surface area (Å²) in [4.78, 5) is 37.6. The van der Waals surface area contributed by atoms with Crippen molar-refractivity contribution < 1.29 is 19.5 Å². The minimum Gasteiger partial charge on any atom is -0.480 e. The van der Waals surface area contributed by atoms with E-state index in [1.807, 2.05) is 4.90 Å². The average molecular weight is 308 g/mol. The van der Waals surface area contributed by atoms with Crippen LogP contribution < -0.4 is 5.32 Å². The van der Waals surface area contributed by atoms with Gasteiger partial charge in [-0.25, -0.2) is 0 Å². The number of nitrogens with one attached hydrogen (secondary N) is 1. The largest absolute Gasteiger partial charge is 0.480 e. The number of likely N-dealkylation sites (tertiary alicyclic amines) is 1. The summed E-state index contributed by atoms with van der Waals surface area (Å²) in [5.74, 6) is -1.04. The molecule has 3 rings (SSSR count). The van der Waals surface area contributed by atoms with Gasteiger partial charge in [0.15, 0.2) is 0 Å². The molecule has 0 radical (unpaired) electrons. The van der Waals surface area contributed by atoms with Crippen LogP contribution in [0.25, 0.3) is 0 Å². The van der Waals surface area contributed by atoms with Crippen LogP contribution in [0.15, 0.2) is 0 Å². The van der Waals surface area contributed by atoms with E-state index < -0.39 is 11.4 Å². The topological polar surface area (TPSA) is 86.7 Å². The van der Waals surface area contributed by atoms with Crippen molar-refractivity contribution in [2.24, 2.45) is 11.3 Å². The Morgan fingerprint density at radius 1 is 1.05 bits per heavy atom. The van der Waals surface area contributed by atoms with Gasteiger partial charge in [-0.3, -0.25) is 14.4 Å². The van der Waals surface area contributed by atoms with Gasteiger partial charge in [0.05, 0.1) is 0 Å². The second kappa shape index (κ2) is 5.89. The molecule has 1 atom stereocenters. The van der Waals surface area contributed by atoms with E-state index in [0.717, 1.165) is 32.1 Å². The highest BCUT2D eigenvalue weighted by atomic mass is 16.4. The first-order valence-corrected chi connectivity index (χ1v) is 8.36. The SMILES string of the molecule is O=C(C1CCCCC1)N1CCC(NC(=O)C2(C(=O)O)CC2)C1. The zero-order valence-electron chi connectivity index (χ0n) is 12.8. The Labute approximate surface area is 130 Å². The summed E-state index contributed by atoms with van der Waals surface area (Å²) in [5, 5.41) is 12.0. The van der Waals surface area contributed by atoms with Crippen LogP contribution in [0, 0.1) is 11.3 Å². The number of aliphatic carboxylic acids is 1. The van der Waals surface area contributed by atoms with E-state index in [1.165, 1.54) is 6.42 Å². The molecule has 22 heavy (non-hydrogen) atoms. The van der Waals surface area contributed by atoms with Crippen LogP contribution in [0.4, 0.5) is 0 Å². The lowest BCUT2D eigenvalue weighted by atomic mass is 9.88. The molecule has 2 saturated carbocycles. The fourth-order valence-corrected chi connectivity index (χ4v) is 3.67. The molecule has 0 aromatic rings. The van der Waals surface area contributed by atoms with E-state index in [1.54, 1.807) is 0 Å². The fourth-order valence-electron chi connectivity index (χ4n) is 3.67. The molecule has 6 heteroatoms. The molecule has 1 saturated heterocycles. The van der Waals surface area contributed by atoms with E-state index >= 15 is 0 Å². The van der Waals surface area contributed by atoms with Crippen LogP contribution in [0.2, 0.25) is 0 Å². The molecule has 1 unspecified atom stereocenters. The summed E-state index contributed by atoms with van der Waals surface area (Å²) < 4.78 is 0. The number of carboxylic acids is 1. The number of rotatable bonds is 4. The molecular formula is C16H24N2O4. The van der Waals surface area contributed by atoms with Crippen molar-refractivity contribution >= 4 is 17.8 Å². The molecule has 0 spiro atoms. The maximum absolute atomic E-state index is 12.5. The van der Waals surface area contributed by atoms with E-state index in [-0.39, 0.29) is 23.8 Å². The molecule has 0 bridgehead atoms. The fraction of sp³-hybridized carbons (Fsp3) is 0.812. The van der Waals surface area contributed by atoms with E-state index in [0.29, 0.717) is 25.9 Å². The normalized spacial score (nSPS) is 27.5. The summed E-state index contributed by atoms with van der Waals surface area (Å²) in [6.07, 6.45) is 7.01. The maximum Gasteiger partial charge on any atom is 0.319 e. The molecule has 2 amide bonds. The van der Waals surface area contributed by atoms with Gasteiger partial charge in [-0.1, -0.05) is 19.3 Å². The van der Waals surface area contributed by atoms with Gasteiger partial charge in [-0.2, -0.15) is 0 Å². The van der Waals surface area contributed by atoms with E-state index in [9.17, 15) is 14.4 Å². The standard InChI is InChI=1S/C16H24N2O4/c19-13(11-4-2-1-3-5-11)18-9-6-12(10-18)17-14(20)16(7-8-16)15(21)22/h11-12H,1-10H2,(H,17,20)(H,21,22). The second-order valence-corrected chi connectivity index (χ2v) is 6.97. The highest BCUT2D eigenvalue weighted by Gasteiger charge is 2.57. The van der Waals surface area contributed by atoms with Gasteiger partial charge in [0.1, 0.15) is 5.41 Å². The Morgan fingerprint density at radius 3 is 2.32 bits per heavy atom. The lowest BCUT2D eigenvalue weighted by Gasteiger charge is -2.26. The second-order valence-electron chi connectivity index (χ2n) is 6.97. The smallest absolute Gasteiger partial charge is 0.319 e. The van der Waals surface area contributed by atoms with Crippen molar-refractivity contribution in [2.45, 2.75) is 57.4 Å². The predicted molar refractivity (Wildman–Crippen MR) is 79.0 cm³/mol. The zero-order valence-corrected chi connectivity index (χ0v) is 12.8. The molecular weight excluding hydrogens is 284 g/mol. The number of nitrogens with zero attached hydrogens (tertiary/aromatic N) is 1. The predicted octanol–water partition coefficient (Wildman–Crippen LogP) is 1.15. The van der Waals surface area contributed by atoms with Gasteiger partial charge in [-0.05, 0) is 32.1 Å². The van der Waals surface area contributed by atoms with Crippen molar-refractivity contribution in [3.05, 3.63) is 0 Å². The van der Waals surface area contributed by atoms with Crippen molar-refractivity contribution in [2.75, 3.05) is 13.1 Å². The monoisotopic (exact) mass is 308 g/mol. The van der Waals surface area contributed by atoms with Crippen LogP contribution >= 0.6 is 0 Å². The third-order valence-electron chi connectivity index (χ3n) is 5.38. The summed E-state index contributed by atoms with van der Waals surface area (Å²) in [6, 6.07) is -0.100. The Kier molecular flexibility index (Phi) is 4.10. The molecule has 3 aliphatic rings. The van der Waals surface area contributed by atoms with Crippen LogP contribution in [-0.2, 0) is 14.4 Å². The number of carbonyl (C=O) groups is 3. The molecule has 0 aromatic heterocycles.